The molecule has 0 aliphatic carbocycles. The number of hydrogen-bond donors (Lipinski definition) is 0. The van der Waals surface area contributed by atoms with Gasteiger partial charge in [-0.1, -0.05) is 41.7 Å². The van der Waals surface area contributed by atoms with Crippen LogP contribution in [0.3, 0.4) is 0 Å². The molecule has 1 aromatic carbocycles. The molecule has 3 rings (SSSR count). The predicted octanol–water partition coefficient (Wildman–Crippen LogP) is 4.30. The molecule has 1 aliphatic heterocycles. The van der Waals surface area contributed by atoms with Crippen LogP contribution in [0.25, 0.3) is 6.08 Å². The van der Waals surface area contributed by atoms with E-state index in [-0.39, 0.29) is 5.91 Å². The average Bonchev–Trinajstić information content (AvgIpc) is 2.96. The maximum atomic E-state index is 12.5. The lowest BCUT2D eigenvalue weighted by Gasteiger charge is -2.14. The van der Waals surface area contributed by atoms with Gasteiger partial charge in [0.15, 0.2) is 4.32 Å². The summed E-state index contributed by atoms with van der Waals surface area (Å²) in [5.41, 5.74) is 1.94. The number of carbonyl (C=O) groups excluding carboxylic acids is 1. The van der Waals surface area contributed by atoms with E-state index < -0.39 is 0 Å². The molecule has 0 bridgehead atoms. The molecule has 2 heterocycles. The number of anilines is 1. The summed E-state index contributed by atoms with van der Waals surface area (Å²) in [6.07, 6.45) is 1.74. The minimum absolute atomic E-state index is 0.108. The molecule has 1 aliphatic rings. The number of furan rings is 1. The topological polar surface area (TPSA) is 33.5 Å². The van der Waals surface area contributed by atoms with Gasteiger partial charge in [-0.3, -0.25) is 9.69 Å². The molecular formula is C16H13NO2S2. The van der Waals surface area contributed by atoms with Crippen LogP contribution in [0, 0.1) is 13.8 Å². The van der Waals surface area contributed by atoms with Crippen LogP contribution < -0.4 is 4.90 Å². The fraction of sp³-hybridized carbons (Fsp3) is 0.125. The smallest absolute Gasteiger partial charge is 0.270 e. The van der Waals surface area contributed by atoms with Crippen LogP contribution in [-0.2, 0) is 4.79 Å². The highest BCUT2D eigenvalue weighted by atomic mass is 32.2. The summed E-state index contributed by atoms with van der Waals surface area (Å²) in [7, 11) is 0. The van der Waals surface area contributed by atoms with E-state index in [2.05, 4.69) is 0 Å². The molecule has 2 aromatic rings. The maximum absolute atomic E-state index is 12.5. The van der Waals surface area contributed by atoms with Crippen molar-refractivity contribution < 1.29 is 9.21 Å². The number of hydrogen-bond acceptors (Lipinski definition) is 4. The second kappa shape index (κ2) is 5.50. The van der Waals surface area contributed by atoms with Gasteiger partial charge < -0.3 is 4.42 Å². The van der Waals surface area contributed by atoms with E-state index in [1.54, 1.807) is 11.0 Å². The second-order valence-corrected chi connectivity index (χ2v) is 6.48. The number of thioether (sulfide) groups is 1. The number of nitrogens with zero attached hydrogens (tertiary/aromatic N) is 1. The first kappa shape index (κ1) is 14.1. The molecule has 0 radical (unpaired) electrons. The molecule has 1 saturated heterocycles. The minimum atomic E-state index is -0.108. The number of amides is 1. The lowest BCUT2D eigenvalue weighted by Crippen LogP contribution is -2.27. The van der Waals surface area contributed by atoms with Gasteiger partial charge in [0.2, 0.25) is 0 Å². The van der Waals surface area contributed by atoms with Gasteiger partial charge in [0, 0.05) is 6.08 Å². The first-order valence-electron chi connectivity index (χ1n) is 6.45. The number of benzene rings is 1. The van der Waals surface area contributed by atoms with Crippen molar-refractivity contribution in [2.45, 2.75) is 13.8 Å². The van der Waals surface area contributed by atoms with Gasteiger partial charge >= 0.3 is 0 Å². The van der Waals surface area contributed by atoms with Crippen LogP contribution in [0.5, 0.6) is 0 Å². The van der Waals surface area contributed by atoms with Crippen molar-refractivity contribution in [3.8, 4) is 0 Å². The summed E-state index contributed by atoms with van der Waals surface area (Å²) in [5, 5.41) is 0. The monoisotopic (exact) mass is 315 g/mol. The fourth-order valence-electron chi connectivity index (χ4n) is 2.04. The Balaban J connectivity index is 1.92. The van der Waals surface area contributed by atoms with Crippen molar-refractivity contribution >= 4 is 46.0 Å². The third-order valence-electron chi connectivity index (χ3n) is 3.12. The normalized spacial score (nSPS) is 17.0. The molecule has 5 heteroatoms. The highest BCUT2D eigenvalue weighted by Crippen LogP contribution is 2.36. The van der Waals surface area contributed by atoms with Gasteiger partial charge in [0.1, 0.15) is 11.5 Å². The third-order valence-corrected chi connectivity index (χ3v) is 4.42. The van der Waals surface area contributed by atoms with Crippen molar-refractivity contribution in [1.29, 1.82) is 0 Å². The van der Waals surface area contributed by atoms with Crippen LogP contribution >= 0.6 is 24.0 Å². The van der Waals surface area contributed by atoms with Crippen LogP contribution in [0.4, 0.5) is 5.69 Å². The summed E-state index contributed by atoms with van der Waals surface area (Å²) < 4.78 is 6.02. The molecule has 21 heavy (non-hydrogen) atoms. The van der Waals surface area contributed by atoms with Crippen molar-refractivity contribution in [3.63, 3.8) is 0 Å². The lowest BCUT2D eigenvalue weighted by atomic mass is 10.2. The third kappa shape index (κ3) is 2.80. The van der Waals surface area contributed by atoms with Gasteiger partial charge in [-0.15, -0.1) is 0 Å². The molecule has 106 valence electrons. The zero-order chi connectivity index (χ0) is 15.0. The summed E-state index contributed by atoms with van der Waals surface area (Å²) in [6, 6.07) is 11.4. The van der Waals surface area contributed by atoms with Gasteiger partial charge in [-0.2, -0.15) is 0 Å². The zero-order valence-corrected chi connectivity index (χ0v) is 13.3. The van der Waals surface area contributed by atoms with Crippen molar-refractivity contribution in [3.05, 3.63) is 58.4 Å². The van der Waals surface area contributed by atoms with E-state index >= 15 is 0 Å². The highest BCUT2D eigenvalue weighted by molar-refractivity contribution is 8.27. The summed E-state index contributed by atoms with van der Waals surface area (Å²) in [6.45, 7) is 3.88. The van der Waals surface area contributed by atoms with Gasteiger partial charge in [0.05, 0.1) is 10.6 Å². The van der Waals surface area contributed by atoms with E-state index in [1.165, 1.54) is 11.8 Å². The molecule has 0 N–H and O–H groups in total. The predicted molar refractivity (Wildman–Crippen MR) is 90.3 cm³/mol. The molecule has 0 saturated carbocycles. The molecule has 0 atom stereocenters. The van der Waals surface area contributed by atoms with E-state index in [0.717, 1.165) is 17.0 Å². The Morgan fingerprint density at radius 3 is 2.48 bits per heavy atom. The maximum Gasteiger partial charge on any atom is 0.270 e. The van der Waals surface area contributed by atoms with Crippen LogP contribution in [-0.4, -0.2) is 10.2 Å². The number of carbonyl (C=O) groups is 1. The molecular weight excluding hydrogens is 302 g/mol. The first-order valence-corrected chi connectivity index (χ1v) is 7.68. The molecule has 1 aromatic heterocycles. The Labute approximate surface area is 132 Å². The Hall–Kier alpha value is -1.85. The minimum Gasteiger partial charge on any atom is -0.462 e. The summed E-state index contributed by atoms with van der Waals surface area (Å²) in [4.78, 5) is 14.7. The molecule has 0 spiro atoms. The SMILES string of the molecule is Cc1ccc(N2C(=O)/C(=C\c3ccc(C)o3)SC2=S)cc1. The van der Waals surface area contributed by atoms with Gasteiger partial charge in [-0.25, -0.2) is 0 Å². The largest absolute Gasteiger partial charge is 0.462 e. The molecule has 0 unspecified atom stereocenters. The fourth-order valence-corrected chi connectivity index (χ4v) is 3.32. The Morgan fingerprint density at radius 2 is 1.86 bits per heavy atom. The Morgan fingerprint density at radius 1 is 1.14 bits per heavy atom. The standard InChI is InChI=1S/C16H13NO2S2/c1-10-3-6-12(7-4-10)17-15(18)14(21-16(17)20)9-13-8-5-11(2)19-13/h3-9H,1-2H3/b14-9+. The van der Waals surface area contributed by atoms with Crippen LogP contribution in [0.15, 0.2) is 45.7 Å². The Kier molecular flexibility index (Phi) is 3.69. The van der Waals surface area contributed by atoms with E-state index in [9.17, 15) is 4.79 Å². The highest BCUT2D eigenvalue weighted by Gasteiger charge is 2.33. The lowest BCUT2D eigenvalue weighted by molar-refractivity contribution is -0.113. The van der Waals surface area contributed by atoms with E-state index in [4.69, 9.17) is 16.6 Å². The van der Waals surface area contributed by atoms with Gasteiger partial charge in [-0.05, 0) is 38.1 Å². The molecule has 1 amide bonds. The van der Waals surface area contributed by atoms with Crippen molar-refractivity contribution in [1.82, 2.24) is 0 Å². The van der Waals surface area contributed by atoms with Crippen molar-refractivity contribution in [2.75, 3.05) is 4.90 Å². The first-order chi connectivity index (χ1) is 10.0. The van der Waals surface area contributed by atoms with Gasteiger partial charge in [0.25, 0.3) is 5.91 Å². The second-order valence-electron chi connectivity index (χ2n) is 4.80. The number of thiocarbonyl (C=S) groups is 1. The van der Waals surface area contributed by atoms with Crippen LogP contribution in [0.2, 0.25) is 0 Å². The number of aryl methyl sites for hydroxylation is 2. The number of rotatable bonds is 2. The van der Waals surface area contributed by atoms with E-state index in [1.807, 2.05) is 50.2 Å². The molecule has 1 fully saturated rings. The Bertz CT molecular complexity index is 744. The van der Waals surface area contributed by atoms with Crippen LogP contribution in [0.1, 0.15) is 17.1 Å². The summed E-state index contributed by atoms with van der Waals surface area (Å²) >= 11 is 6.62. The average molecular weight is 315 g/mol. The quantitative estimate of drug-likeness (QED) is 0.611. The zero-order valence-electron chi connectivity index (χ0n) is 11.6. The molecule has 3 nitrogen and oxygen atoms in total. The van der Waals surface area contributed by atoms with Crippen molar-refractivity contribution in [2.24, 2.45) is 0 Å². The van der Waals surface area contributed by atoms with E-state index in [0.29, 0.717) is 15.0 Å². The summed E-state index contributed by atoms with van der Waals surface area (Å²) in [5.74, 6) is 1.37.